The van der Waals surface area contributed by atoms with E-state index in [1.165, 1.54) is 225 Å². The summed E-state index contributed by atoms with van der Waals surface area (Å²) in [7, 11) is -9.91. The second-order valence-electron chi connectivity index (χ2n) is 29.4. The van der Waals surface area contributed by atoms with E-state index in [1.807, 2.05) is 0 Å². The van der Waals surface area contributed by atoms with Crippen LogP contribution < -0.4 is 0 Å². The predicted molar refractivity (Wildman–Crippen MR) is 400 cm³/mol. The number of ether oxygens (including phenoxy) is 4. The van der Waals surface area contributed by atoms with Gasteiger partial charge in [0.2, 0.25) is 0 Å². The highest BCUT2D eigenvalue weighted by molar-refractivity contribution is 7.47. The monoisotopic (exact) mass is 1440 g/mol. The fourth-order valence-corrected chi connectivity index (χ4v) is 13.8. The Morgan fingerprint density at radius 1 is 0.276 bits per heavy atom. The maximum Gasteiger partial charge on any atom is 0.472 e. The van der Waals surface area contributed by atoms with Gasteiger partial charge in [-0.2, -0.15) is 0 Å². The zero-order valence-corrected chi connectivity index (χ0v) is 65.9. The first-order valence-electron chi connectivity index (χ1n) is 41.0. The van der Waals surface area contributed by atoms with Crippen molar-refractivity contribution in [1.82, 2.24) is 0 Å². The molecule has 98 heavy (non-hydrogen) atoms. The van der Waals surface area contributed by atoms with Crippen LogP contribution in [0.15, 0.2) is 0 Å². The maximum absolute atomic E-state index is 13.1. The summed E-state index contributed by atoms with van der Waals surface area (Å²) >= 11 is 0. The molecule has 17 nitrogen and oxygen atoms in total. The largest absolute Gasteiger partial charge is 0.472 e. The van der Waals surface area contributed by atoms with Gasteiger partial charge < -0.3 is 33.8 Å². The Morgan fingerprint density at radius 2 is 0.469 bits per heavy atom. The van der Waals surface area contributed by atoms with Crippen molar-refractivity contribution in [3.05, 3.63) is 0 Å². The van der Waals surface area contributed by atoms with Crippen LogP contribution in [0, 0.1) is 11.8 Å². The molecule has 19 heteroatoms. The third kappa shape index (κ3) is 72.4. The number of carbonyl (C=O) groups excluding carboxylic acids is 4. The van der Waals surface area contributed by atoms with Crippen LogP contribution in [0.3, 0.4) is 0 Å². The molecule has 5 atom stereocenters. The van der Waals surface area contributed by atoms with Crippen molar-refractivity contribution in [3.8, 4) is 0 Å². The highest BCUT2D eigenvalue weighted by Crippen LogP contribution is 2.45. The topological polar surface area (TPSA) is 237 Å². The van der Waals surface area contributed by atoms with Crippen LogP contribution in [0.2, 0.25) is 0 Å². The zero-order valence-electron chi connectivity index (χ0n) is 64.1. The number of aliphatic hydroxyl groups excluding tert-OH is 1. The van der Waals surface area contributed by atoms with Gasteiger partial charge >= 0.3 is 39.5 Å². The molecule has 0 saturated carbocycles. The molecule has 0 radical (unpaired) electrons. The lowest BCUT2D eigenvalue weighted by molar-refractivity contribution is -0.161. The molecule has 0 fully saturated rings. The van der Waals surface area contributed by atoms with Crippen molar-refractivity contribution in [1.29, 1.82) is 0 Å². The maximum atomic E-state index is 13.1. The van der Waals surface area contributed by atoms with E-state index in [0.29, 0.717) is 31.6 Å². The molecular weight excluding hydrogens is 1280 g/mol. The van der Waals surface area contributed by atoms with E-state index in [9.17, 15) is 43.2 Å². The van der Waals surface area contributed by atoms with Gasteiger partial charge in [-0.25, -0.2) is 9.13 Å². The van der Waals surface area contributed by atoms with Crippen molar-refractivity contribution in [2.24, 2.45) is 11.8 Å². The van der Waals surface area contributed by atoms with Crippen LogP contribution in [0.5, 0.6) is 0 Å². The van der Waals surface area contributed by atoms with Gasteiger partial charge in [0.25, 0.3) is 0 Å². The molecule has 0 spiro atoms. The van der Waals surface area contributed by atoms with Gasteiger partial charge in [0.15, 0.2) is 12.2 Å². The van der Waals surface area contributed by atoms with Gasteiger partial charge in [-0.1, -0.05) is 363 Å². The van der Waals surface area contributed by atoms with E-state index >= 15 is 0 Å². The predicted octanol–water partition coefficient (Wildman–Crippen LogP) is 23.5. The summed E-state index contributed by atoms with van der Waals surface area (Å²) in [5.74, 6) is -0.720. The van der Waals surface area contributed by atoms with Gasteiger partial charge in [0.05, 0.1) is 26.4 Å². The summed E-state index contributed by atoms with van der Waals surface area (Å²) in [6.45, 7) is 9.48. The molecule has 0 aromatic rings. The molecule has 0 aliphatic carbocycles. The Morgan fingerprint density at radius 3 is 0.694 bits per heavy atom. The number of aliphatic hydroxyl groups is 1. The second kappa shape index (κ2) is 70.7. The van der Waals surface area contributed by atoms with E-state index in [2.05, 4.69) is 41.5 Å². The fourth-order valence-electron chi connectivity index (χ4n) is 12.2. The lowest BCUT2D eigenvalue weighted by Crippen LogP contribution is -2.30. The van der Waals surface area contributed by atoms with Gasteiger partial charge in [-0.3, -0.25) is 37.3 Å². The summed E-state index contributed by atoms with van der Waals surface area (Å²) in [5, 5.41) is 10.6. The van der Waals surface area contributed by atoms with E-state index in [0.717, 1.165) is 102 Å². The van der Waals surface area contributed by atoms with E-state index < -0.39 is 97.5 Å². The number of phosphoric acid groups is 2. The number of hydrogen-bond donors (Lipinski definition) is 3. The molecule has 0 aromatic carbocycles. The first-order chi connectivity index (χ1) is 47.4. The van der Waals surface area contributed by atoms with Crippen molar-refractivity contribution >= 4 is 39.5 Å². The van der Waals surface area contributed by atoms with E-state index in [1.54, 1.807) is 0 Å². The Labute approximate surface area is 600 Å². The molecule has 0 aliphatic heterocycles. The third-order valence-electron chi connectivity index (χ3n) is 18.5. The second-order valence-corrected chi connectivity index (χ2v) is 32.3. The van der Waals surface area contributed by atoms with Crippen molar-refractivity contribution < 1.29 is 80.2 Å². The van der Waals surface area contributed by atoms with Crippen molar-refractivity contribution in [2.75, 3.05) is 39.6 Å². The first kappa shape index (κ1) is 96.1. The Kier molecular flexibility index (Phi) is 69.3. The smallest absolute Gasteiger partial charge is 0.462 e. The summed E-state index contributed by atoms with van der Waals surface area (Å²) in [4.78, 5) is 72.8. The third-order valence-corrected chi connectivity index (χ3v) is 20.4. The quantitative estimate of drug-likeness (QED) is 0.0222. The number of unbranched alkanes of at least 4 members (excludes halogenated alkanes) is 48. The minimum absolute atomic E-state index is 0.104. The summed E-state index contributed by atoms with van der Waals surface area (Å²) in [6, 6.07) is 0. The van der Waals surface area contributed by atoms with Gasteiger partial charge in [-0.05, 0) is 37.5 Å². The Balaban J connectivity index is 5.18. The summed E-state index contributed by atoms with van der Waals surface area (Å²) < 4.78 is 68.5. The molecule has 0 bridgehead atoms. The van der Waals surface area contributed by atoms with Crippen LogP contribution in [0.25, 0.3) is 0 Å². The average molecular weight is 1440 g/mol. The zero-order chi connectivity index (χ0) is 72.1. The minimum Gasteiger partial charge on any atom is -0.462 e. The Hall–Kier alpha value is -1.94. The molecule has 582 valence electrons. The summed E-state index contributed by atoms with van der Waals surface area (Å²) in [5.41, 5.74) is 0. The van der Waals surface area contributed by atoms with Gasteiger partial charge in [-0.15, -0.1) is 0 Å². The van der Waals surface area contributed by atoms with Crippen LogP contribution in [-0.2, 0) is 65.4 Å². The first-order valence-corrected chi connectivity index (χ1v) is 44.0. The molecule has 2 unspecified atom stereocenters. The molecule has 0 aromatic heterocycles. The van der Waals surface area contributed by atoms with Gasteiger partial charge in [0.1, 0.15) is 19.3 Å². The Bertz CT molecular complexity index is 1890. The standard InChI is InChI=1S/C79H154O17P2/c1-7-9-11-13-15-17-19-21-23-25-26-27-28-29-30-32-34-36-38-43-51-57-63-78(83)95-74(67-89-76(81)61-55-49-42-37-35-33-31-24-22-20-18-16-14-12-10-8-2)69-93-97(85,86)91-65-73(80)66-92-98(87,88)94-70-75(68-90-77(82)62-56-50-46-45-48-54-60-72(5)6)96-79(84)64-58-52-44-40-39-41-47-53-59-71(3)4/h71-75,80H,7-70H2,1-6H3,(H,85,86)(H,87,88)/t73-,74-,75-/m1/s1. The van der Waals surface area contributed by atoms with Crippen LogP contribution >= 0.6 is 15.6 Å². The fraction of sp³-hybridized carbons (Fsp3) is 0.949. The van der Waals surface area contributed by atoms with Crippen LogP contribution in [-0.4, -0.2) is 96.7 Å². The number of esters is 4. The number of phosphoric ester groups is 2. The normalized spacial score (nSPS) is 13.9. The van der Waals surface area contributed by atoms with Crippen LogP contribution in [0.1, 0.15) is 414 Å². The van der Waals surface area contributed by atoms with E-state index in [4.69, 9.17) is 37.0 Å². The SMILES string of the molecule is CCCCCCCCCCCCCCCCCCCCCCCCC(=O)O[C@H](COC(=O)CCCCCCCCCCCCCCCCCC)COP(=O)(O)OC[C@@H](O)COP(=O)(O)OC[C@@H](COC(=O)CCCCCCCCC(C)C)OC(=O)CCCCCCCCCCC(C)C. The highest BCUT2D eigenvalue weighted by Gasteiger charge is 2.30. The molecular formula is C79H154O17P2. The average Bonchev–Trinajstić information content (AvgIpc) is 1.00. The van der Waals surface area contributed by atoms with E-state index in [-0.39, 0.29) is 25.7 Å². The lowest BCUT2D eigenvalue weighted by Gasteiger charge is -2.21. The number of rotatable bonds is 78. The molecule has 0 saturated heterocycles. The molecule has 0 heterocycles. The van der Waals surface area contributed by atoms with Crippen LogP contribution in [0.4, 0.5) is 0 Å². The molecule has 0 aliphatic rings. The highest BCUT2D eigenvalue weighted by atomic mass is 31.2. The number of hydrogen-bond acceptors (Lipinski definition) is 15. The molecule has 3 N–H and O–H groups in total. The number of carbonyl (C=O) groups is 4. The minimum atomic E-state index is -4.96. The lowest BCUT2D eigenvalue weighted by atomic mass is 10.0. The molecule has 0 amide bonds. The van der Waals surface area contributed by atoms with Crippen molar-refractivity contribution in [3.63, 3.8) is 0 Å². The van der Waals surface area contributed by atoms with Crippen molar-refractivity contribution in [2.45, 2.75) is 432 Å². The van der Waals surface area contributed by atoms with Gasteiger partial charge in [0, 0.05) is 25.7 Å². The molecule has 0 rings (SSSR count). The summed E-state index contributed by atoms with van der Waals surface area (Å²) in [6.07, 6.45) is 60.1.